The summed E-state index contributed by atoms with van der Waals surface area (Å²) in [5.41, 5.74) is 2.69. The summed E-state index contributed by atoms with van der Waals surface area (Å²) < 4.78 is 5.96. The highest BCUT2D eigenvalue weighted by Crippen LogP contribution is 2.30. The molecule has 0 radical (unpaired) electrons. The number of unbranched alkanes of at least 4 members (excludes halogenated alkanes) is 1. The Morgan fingerprint density at radius 1 is 1.38 bits per heavy atom. The second-order valence-electron chi connectivity index (χ2n) is 3.82. The highest BCUT2D eigenvalue weighted by Gasteiger charge is 2.25. The van der Waals surface area contributed by atoms with Crippen molar-refractivity contribution < 1.29 is 14.6 Å². The van der Waals surface area contributed by atoms with Gasteiger partial charge in [0, 0.05) is 16.6 Å². The normalized spacial score (nSPS) is 13.8. The minimum absolute atomic E-state index is 0.192. The number of carbonyl (C=O) groups excluding carboxylic acids is 1. The van der Waals surface area contributed by atoms with Gasteiger partial charge in [0.2, 0.25) is 0 Å². The van der Waals surface area contributed by atoms with E-state index in [2.05, 4.69) is 15.9 Å². The zero-order valence-corrected chi connectivity index (χ0v) is 10.4. The van der Waals surface area contributed by atoms with Gasteiger partial charge in [-0.15, -0.1) is 0 Å². The van der Waals surface area contributed by atoms with Crippen LogP contribution in [-0.2, 0) is 17.8 Å². The van der Waals surface area contributed by atoms with Crippen LogP contribution in [0.4, 0.5) is 0 Å². The number of hydrogen-bond acceptors (Lipinski definition) is 3. The van der Waals surface area contributed by atoms with Gasteiger partial charge < -0.3 is 9.84 Å². The van der Waals surface area contributed by atoms with Gasteiger partial charge in [0.25, 0.3) is 0 Å². The van der Waals surface area contributed by atoms with Crippen LogP contribution in [0.15, 0.2) is 16.6 Å². The summed E-state index contributed by atoms with van der Waals surface area (Å²) in [6.07, 6.45) is 2.42. The first-order chi connectivity index (χ1) is 7.74. The Hall–Kier alpha value is -0.870. The number of halogens is 1. The number of cyclic esters (lactones) is 1. The maximum absolute atomic E-state index is 11.6. The summed E-state index contributed by atoms with van der Waals surface area (Å²) in [5.74, 6) is -0.227. The van der Waals surface area contributed by atoms with Crippen LogP contribution < -0.4 is 0 Å². The highest BCUT2D eigenvalue weighted by atomic mass is 79.9. The number of hydrogen-bond donors (Lipinski definition) is 1. The lowest BCUT2D eigenvalue weighted by atomic mass is 9.99. The molecular formula is C12H13BrO3. The fraction of sp³-hybridized carbons (Fsp3) is 0.417. The van der Waals surface area contributed by atoms with Crippen LogP contribution in [0, 0.1) is 0 Å². The van der Waals surface area contributed by atoms with Gasteiger partial charge in [-0.05, 0) is 30.9 Å². The smallest absolute Gasteiger partial charge is 0.339 e. The van der Waals surface area contributed by atoms with E-state index in [0.717, 1.165) is 34.9 Å². The number of fused-ring (bicyclic) bond motifs is 1. The van der Waals surface area contributed by atoms with Gasteiger partial charge in [-0.2, -0.15) is 0 Å². The van der Waals surface area contributed by atoms with Gasteiger partial charge in [-0.25, -0.2) is 4.79 Å². The minimum Gasteiger partial charge on any atom is -0.457 e. The number of ether oxygens (including phenoxy) is 1. The van der Waals surface area contributed by atoms with Gasteiger partial charge >= 0.3 is 5.97 Å². The number of aliphatic hydroxyl groups is 1. The largest absolute Gasteiger partial charge is 0.457 e. The quantitative estimate of drug-likeness (QED) is 0.682. The molecule has 1 heterocycles. The molecule has 3 nitrogen and oxygen atoms in total. The number of aliphatic hydroxyl groups excluding tert-OH is 1. The molecule has 0 bridgehead atoms. The fourth-order valence-electron chi connectivity index (χ4n) is 1.92. The van der Waals surface area contributed by atoms with Crippen molar-refractivity contribution in [2.75, 3.05) is 6.61 Å². The van der Waals surface area contributed by atoms with Gasteiger partial charge in [-0.1, -0.05) is 22.0 Å². The van der Waals surface area contributed by atoms with Gasteiger partial charge in [0.1, 0.15) is 6.61 Å². The van der Waals surface area contributed by atoms with E-state index in [1.807, 2.05) is 12.1 Å². The zero-order chi connectivity index (χ0) is 11.5. The monoisotopic (exact) mass is 284 g/mol. The summed E-state index contributed by atoms with van der Waals surface area (Å²) in [4.78, 5) is 11.6. The third kappa shape index (κ3) is 2.13. The molecule has 1 aliphatic rings. The van der Waals surface area contributed by atoms with Crippen LogP contribution in [0.25, 0.3) is 0 Å². The van der Waals surface area contributed by atoms with E-state index < -0.39 is 0 Å². The van der Waals surface area contributed by atoms with Crippen LogP contribution in [0.1, 0.15) is 34.3 Å². The topological polar surface area (TPSA) is 46.5 Å². The number of rotatable bonds is 4. The molecule has 1 aliphatic heterocycles. The average molecular weight is 285 g/mol. The summed E-state index contributed by atoms with van der Waals surface area (Å²) in [5, 5.41) is 8.76. The summed E-state index contributed by atoms with van der Waals surface area (Å²) in [7, 11) is 0. The molecule has 16 heavy (non-hydrogen) atoms. The number of carbonyl (C=O) groups is 1. The lowest BCUT2D eigenvalue weighted by Gasteiger charge is -2.07. The van der Waals surface area contributed by atoms with Crippen molar-refractivity contribution in [1.29, 1.82) is 0 Å². The van der Waals surface area contributed by atoms with Crippen LogP contribution >= 0.6 is 15.9 Å². The van der Waals surface area contributed by atoms with E-state index in [4.69, 9.17) is 9.84 Å². The zero-order valence-electron chi connectivity index (χ0n) is 8.83. The number of esters is 1. The summed E-state index contributed by atoms with van der Waals surface area (Å²) >= 11 is 3.46. The third-order valence-corrected chi connectivity index (χ3v) is 3.48. The second-order valence-corrected chi connectivity index (χ2v) is 4.67. The van der Waals surface area contributed by atoms with E-state index in [9.17, 15) is 4.79 Å². The predicted octanol–water partition coefficient (Wildman–Crippen LogP) is 2.43. The molecule has 0 saturated heterocycles. The number of benzene rings is 1. The SMILES string of the molecule is O=C1OCc2ccc(Br)c(CCCCO)c21. The molecule has 0 spiro atoms. The van der Waals surface area contributed by atoms with Crippen molar-refractivity contribution in [3.05, 3.63) is 33.3 Å². The first-order valence-electron chi connectivity index (χ1n) is 5.32. The molecule has 0 atom stereocenters. The minimum atomic E-state index is -0.227. The van der Waals surface area contributed by atoms with Crippen molar-refractivity contribution >= 4 is 21.9 Å². The van der Waals surface area contributed by atoms with Crippen molar-refractivity contribution in [2.24, 2.45) is 0 Å². The van der Waals surface area contributed by atoms with E-state index in [1.165, 1.54) is 0 Å². The molecule has 1 aromatic carbocycles. The Balaban J connectivity index is 2.28. The molecular weight excluding hydrogens is 272 g/mol. The van der Waals surface area contributed by atoms with Crippen LogP contribution in [0.2, 0.25) is 0 Å². The molecule has 0 aromatic heterocycles. The summed E-state index contributed by atoms with van der Waals surface area (Å²) in [6, 6.07) is 3.87. The Labute approximate surface area is 103 Å². The van der Waals surface area contributed by atoms with Crippen molar-refractivity contribution in [2.45, 2.75) is 25.9 Å². The van der Waals surface area contributed by atoms with Gasteiger partial charge in [0.15, 0.2) is 0 Å². The molecule has 0 saturated carbocycles. The molecule has 0 fully saturated rings. The van der Waals surface area contributed by atoms with E-state index in [1.54, 1.807) is 0 Å². The Morgan fingerprint density at radius 3 is 2.94 bits per heavy atom. The second kappa shape index (κ2) is 4.97. The standard InChI is InChI=1S/C12H13BrO3/c13-10-5-4-8-7-16-12(15)11(8)9(10)3-1-2-6-14/h4-5,14H,1-3,6-7H2. The average Bonchev–Trinajstić information content (AvgIpc) is 2.64. The molecule has 2 rings (SSSR count). The first-order valence-corrected chi connectivity index (χ1v) is 6.11. The fourth-order valence-corrected chi connectivity index (χ4v) is 2.45. The lowest BCUT2D eigenvalue weighted by Crippen LogP contribution is -2.02. The molecule has 4 heteroatoms. The van der Waals surface area contributed by atoms with Gasteiger partial charge in [-0.3, -0.25) is 0 Å². The molecule has 0 aliphatic carbocycles. The molecule has 1 N–H and O–H groups in total. The Morgan fingerprint density at radius 2 is 2.19 bits per heavy atom. The van der Waals surface area contributed by atoms with Crippen LogP contribution in [-0.4, -0.2) is 17.7 Å². The maximum atomic E-state index is 11.6. The Kier molecular flexibility index (Phi) is 3.61. The van der Waals surface area contributed by atoms with E-state index in [-0.39, 0.29) is 12.6 Å². The highest BCUT2D eigenvalue weighted by molar-refractivity contribution is 9.10. The molecule has 0 unspecified atom stereocenters. The first kappa shape index (κ1) is 11.6. The molecule has 86 valence electrons. The summed E-state index contributed by atoms with van der Waals surface area (Å²) in [6.45, 7) is 0.575. The molecule has 0 amide bonds. The third-order valence-electron chi connectivity index (χ3n) is 2.74. The van der Waals surface area contributed by atoms with E-state index in [0.29, 0.717) is 12.2 Å². The molecule has 1 aromatic rings. The van der Waals surface area contributed by atoms with Crippen LogP contribution in [0.5, 0.6) is 0 Å². The van der Waals surface area contributed by atoms with Crippen molar-refractivity contribution in [3.63, 3.8) is 0 Å². The van der Waals surface area contributed by atoms with Crippen molar-refractivity contribution in [3.8, 4) is 0 Å². The van der Waals surface area contributed by atoms with Crippen molar-refractivity contribution in [1.82, 2.24) is 0 Å². The Bertz CT molecular complexity index is 415. The maximum Gasteiger partial charge on any atom is 0.339 e. The predicted molar refractivity (Wildman–Crippen MR) is 63.3 cm³/mol. The van der Waals surface area contributed by atoms with Gasteiger partial charge in [0.05, 0.1) is 5.56 Å². The van der Waals surface area contributed by atoms with Crippen LogP contribution in [0.3, 0.4) is 0 Å². The lowest BCUT2D eigenvalue weighted by molar-refractivity contribution is 0.0534. The van der Waals surface area contributed by atoms with E-state index >= 15 is 0 Å².